The molecule has 0 saturated heterocycles. The van der Waals surface area contributed by atoms with E-state index in [4.69, 9.17) is 9.47 Å². The molecule has 24 heavy (non-hydrogen) atoms. The molecule has 2 rings (SSSR count). The molecule has 1 aromatic heterocycles. The van der Waals surface area contributed by atoms with Crippen LogP contribution in [0.4, 0.5) is 5.69 Å². The number of benzene rings is 1. The zero-order valence-electron chi connectivity index (χ0n) is 14.3. The monoisotopic (exact) mass is 333 g/mol. The Bertz CT molecular complexity index is 697. The van der Waals surface area contributed by atoms with Gasteiger partial charge in [-0.05, 0) is 19.4 Å². The summed E-state index contributed by atoms with van der Waals surface area (Å²) in [5.41, 5.74) is 0.526. The van der Waals surface area contributed by atoms with Crippen molar-refractivity contribution in [1.82, 2.24) is 9.55 Å². The van der Waals surface area contributed by atoms with E-state index in [1.807, 2.05) is 17.7 Å². The van der Waals surface area contributed by atoms with Crippen LogP contribution in [0.25, 0.3) is 11.4 Å². The summed E-state index contributed by atoms with van der Waals surface area (Å²) >= 11 is 0. The van der Waals surface area contributed by atoms with Gasteiger partial charge in [0.05, 0.1) is 18.6 Å². The van der Waals surface area contributed by atoms with Crippen LogP contribution in [0.5, 0.6) is 11.5 Å². The van der Waals surface area contributed by atoms with E-state index in [0.29, 0.717) is 23.7 Å². The molecule has 2 aromatic rings. The zero-order valence-corrected chi connectivity index (χ0v) is 14.3. The lowest BCUT2D eigenvalue weighted by Crippen LogP contribution is -2.04. The Morgan fingerprint density at radius 1 is 1.29 bits per heavy atom. The van der Waals surface area contributed by atoms with Crippen molar-refractivity contribution >= 4 is 5.69 Å². The van der Waals surface area contributed by atoms with E-state index in [9.17, 15) is 10.1 Å². The number of hydrogen-bond donors (Lipinski definition) is 0. The quantitative estimate of drug-likeness (QED) is 0.393. The van der Waals surface area contributed by atoms with Crippen molar-refractivity contribution in [3.63, 3.8) is 0 Å². The molecule has 0 atom stereocenters. The predicted octanol–water partition coefficient (Wildman–Crippen LogP) is 4.06. The molecule has 0 fully saturated rings. The van der Waals surface area contributed by atoms with Crippen molar-refractivity contribution in [3.8, 4) is 22.9 Å². The highest BCUT2D eigenvalue weighted by atomic mass is 16.6. The van der Waals surface area contributed by atoms with Crippen molar-refractivity contribution in [1.29, 1.82) is 0 Å². The van der Waals surface area contributed by atoms with Gasteiger partial charge in [0.15, 0.2) is 5.75 Å². The molecule has 0 spiro atoms. The Balaban J connectivity index is 2.43. The molecular formula is C17H23N3O4. The van der Waals surface area contributed by atoms with Gasteiger partial charge in [-0.15, -0.1) is 0 Å². The number of imidazole rings is 1. The molecule has 0 radical (unpaired) electrons. The lowest BCUT2D eigenvalue weighted by Gasteiger charge is -2.13. The summed E-state index contributed by atoms with van der Waals surface area (Å²) in [7, 11) is 1.48. The Morgan fingerprint density at radius 2 is 2.08 bits per heavy atom. The molecule has 1 heterocycles. The van der Waals surface area contributed by atoms with Crippen LogP contribution in [0.15, 0.2) is 24.5 Å². The van der Waals surface area contributed by atoms with Gasteiger partial charge in [-0.2, -0.15) is 0 Å². The third kappa shape index (κ3) is 3.84. The summed E-state index contributed by atoms with van der Waals surface area (Å²) < 4.78 is 12.9. The van der Waals surface area contributed by atoms with Crippen LogP contribution in [0, 0.1) is 10.1 Å². The topological polar surface area (TPSA) is 79.4 Å². The maximum absolute atomic E-state index is 11.5. The lowest BCUT2D eigenvalue weighted by molar-refractivity contribution is -0.385. The molecule has 0 unspecified atom stereocenters. The van der Waals surface area contributed by atoms with Gasteiger partial charge >= 0.3 is 5.69 Å². The first-order valence-electron chi connectivity index (χ1n) is 8.13. The summed E-state index contributed by atoms with van der Waals surface area (Å²) in [5.74, 6) is 1.19. The predicted molar refractivity (Wildman–Crippen MR) is 91.6 cm³/mol. The van der Waals surface area contributed by atoms with Crippen LogP contribution in [0.2, 0.25) is 0 Å². The number of aromatic nitrogens is 2. The zero-order chi connectivity index (χ0) is 17.5. The summed E-state index contributed by atoms with van der Waals surface area (Å²) in [6, 6.07) is 3.23. The van der Waals surface area contributed by atoms with Crippen molar-refractivity contribution in [2.75, 3.05) is 13.7 Å². The van der Waals surface area contributed by atoms with Gasteiger partial charge in [0.2, 0.25) is 5.75 Å². The second-order valence-electron chi connectivity index (χ2n) is 5.38. The van der Waals surface area contributed by atoms with Crippen LogP contribution in [-0.4, -0.2) is 28.2 Å². The number of ether oxygens (including phenoxy) is 2. The van der Waals surface area contributed by atoms with E-state index in [2.05, 4.69) is 11.9 Å². The lowest BCUT2D eigenvalue weighted by atomic mass is 10.1. The second kappa shape index (κ2) is 8.33. The molecule has 0 saturated carbocycles. The first kappa shape index (κ1) is 17.8. The Kier molecular flexibility index (Phi) is 6.17. The molecule has 0 aliphatic rings. The Morgan fingerprint density at radius 3 is 2.71 bits per heavy atom. The van der Waals surface area contributed by atoms with Crippen molar-refractivity contribution in [2.24, 2.45) is 0 Å². The molecule has 0 aliphatic carbocycles. The molecule has 7 nitrogen and oxygen atoms in total. The van der Waals surface area contributed by atoms with Gasteiger partial charge < -0.3 is 14.0 Å². The number of nitrogens with zero attached hydrogens (tertiary/aromatic N) is 3. The number of rotatable bonds is 9. The van der Waals surface area contributed by atoms with Crippen molar-refractivity contribution in [3.05, 3.63) is 34.6 Å². The summed E-state index contributed by atoms with van der Waals surface area (Å²) in [4.78, 5) is 15.3. The fourth-order valence-corrected chi connectivity index (χ4v) is 2.50. The van der Waals surface area contributed by atoms with Gasteiger partial charge in [-0.1, -0.05) is 19.8 Å². The van der Waals surface area contributed by atoms with Crippen LogP contribution < -0.4 is 9.47 Å². The first-order chi connectivity index (χ1) is 11.6. The highest BCUT2D eigenvalue weighted by Crippen LogP contribution is 2.41. The number of methoxy groups -OCH3 is 1. The third-order valence-electron chi connectivity index (χ3n) is 3.76. The highest BCUT2D eigenvalue weighted by molar-refractivity contribution is 5.69. The Labute approximate surface area is 141 Å². The third-order valence-corrected chi connectivity index (χ3v) is 3.76. The molecule has 0 aliphatic heterocycles. The second-order valence-corrected chi connectivity index (χ2v) is 5.38. The first-order valence-corrected chi connectivity index (χ1v) is 8.13. The highest BCUT2D eigenvalue weighted by Gasteiger charge is 2.24. The Hall–Kier alpha value is -2.57. The average Bonchev–Trinajstić information content (AvgIpc) is 3.06. The van der Waals surface area contributed by atoms with Crippen molar-refractivity contribution in [2.45, 2.75) is 39.7 Å². The van der Waals surface area contributed by atoms with E-state index in [1.54, 1.807) is 12.3 Å². The minimum absolute atomic E-state index is 0.105. The number of hydrogen-bond acceptors (Lipinski definition) is 5. The molecular weight excluding hydrogens is 310 g/mol. The smallest absolute Gasteiger partial charge is 0.315 e. The fourth-order valence-electron chi connectivity index (χ4n) is 2.50. The van der Waals surface area contributed by atoms with E-state index in [1.165, 1.54) is 13.2 Å². The van der Waals surface area contributed by atoms with Gasteiger partial charge in [-0.3, -0.25) is 10.1 Å². The van der Waals surface area contributed by atoms with E-state index in [0.717, 1.165) is 25.8 Å². The number of aryl methyl sites for hydroxylation is 1. The van der Waals surface area contributed by atoms with E-state index in [-0.39, 0.29) is 11.4 Å². The molecule has 0 N–H and O–H groups in total. The minimum Gasteiger partial charge on any atom is -0.493 e. The molecule has 7 heteroatoms. The maximum atomic E-state index is 11.5. The number of nitro benzene ring substituents is 1. The average molecular weight is 333 g/mol. The van der Waals surface area contributed by atoms with E-state index >= 15 is 0 Å². The minimum atomic E-state index is -0.444. The van der Waals surface area contributed by atoms with Crippen LogP contribution in [-0.2, 0) is 6.54 Å². The SMILES string of the molecule is CCCCCOc1c(OC)cc(-c2nccn2CC)cc1[N+](=O)[O-]. The van der Waals surface area contributed by atoms with Gasteiger partial charge in [0.25, 0.3) is 0 Å². The van der Waals surface area contributed by atoms with Crippen LogP contribution >= 0.6 is 0 Å². The standard InChI is InChI=1S/C17H23N3O4/c1-4-6-7-10-24-16-14(20(21)22)11-13(12-15(16)23-3)17-18-8-9-19(17)5-2/h8-9,11-12H,4-7,10H2,1-3H3. The fraction of sp³-hybridized carbons (Fsp3) is 0.471. The summed E-state index contributed by atoms with van der Waals surface area (Å²) in [5, 5.41) is 11.5. The molecule has 130 valence electrons. The van der Waals surface area contributed by atoms with Gasteiger partial charge in [0.1, 0.15) is 5.82 Å². The molecule has 0 bridgehead atoms. The molecule has 0 amide bonds. The van der Waals surface area contributed by atoms with Gasteiger partial charge in [-0.25, -0.2) is 4.98 Å². The van der Waals surface area contributed by atoms with Crippen LogP contribution in [0.3, 0.4) is 0 Å². The van der Waals surface area contributed by atoms with E-state index < -0.39 is 4.92 Å². The van der Waals surface area contributed by atoms with Gasteiger partial charge in [0, 0.05) is 30.6 Å². The number of unbranched alkanes of at least 4 members (excludes halogenated alkanes) is 2. The summed E-state index contributed by atoms with van der Waals surface area (Å²) in [6.45, 7) is 5.23. The van der Waals surface area contributed by atoms with Crippen molar-refractivity contribution < 1.29 is 14.4 Å². The van der Waals surface area contributed by atoms with Crippen LogP contribution in [0.1, 0.15) is 33.1 Å². The summed E-state index contributed by atoms with van der Waals surface area (Å²) in [6.07, 6.45) is 6.43. The molecule has 1 aromatic carbocycles. The largest absolute Gasteiger partial charge is 0.493 e. The maximum Gasteiger partial charge on any atom is 0.315 e. The number of nitro groups is 1. The normalized spacial score (nSPS) is 10.6.